The second kappa shape index (κ2) is 7.34. The fraction of sp³-hybridized carbons (Fsp3) is 1.00. The minimum absolute atomic E-state index is 0.310. The van der Waals surface area contributed by atoms with Crippen LogP contribution in [0.15, 0.2) is 0 Å². The summed E-state index contributed by atoms with van der Waals surface area (Å²) in [6.07, 6.45) is 2.82. The average Bonchev–Trinajstić information content (AvgIpc) is 2.13. The molecule has 0 spiro atoms. The van der Waals surface area contributed by atoms with Gasteiger partial charge >= 0.3 is 0 Å². The SMILES string of the molecule is CCCC(C)COC(C)C(C)NC. The van der Waals surface area contributed by atoms with E-state index >= 15 is 0 Å². The van der Waals surface area contributed by atoms with Crippen LogP contribution in [0.5, 0.6) is 0 Å². The topological polar surface area (TPSA) is 21.3 Å². The van der Waals surface area contributed by atoms with Gasteiger partial charge in [0.15, 0.2) is 0 Å². The minimum atomic E-state index is 0.310. The Morgan fingerprint density at radius 3 is 2.31 bits per heavy atom. The Morgan fingerprint density at radius 1 is 1.23 bits per heavy atom. The first-order chi connectivity index (χ1) is 6.11. The molecular weight excluding hydrogens is 162 g/mol. The van der Waals surface area contributed by atoms with Crippen molar-refractivity contribution in [3.63, 3.8) is 0 Å². The van der Waals surface area contributed by atoms with Gasteiger partial charge in [-0.2, -0.15) is 0 Å². The molecule has 3 unspecified atom stereocenters. The van der Waals surface area contributed by atoms with Crippen LogP contribution in [-0.4, -0.2) is 25.8 Å². The van der Waals surface area contributed by atoms with Crippen LogP contribution in [0.1, 0.15) is 40.5 Å². The van der Waals surface area contributed by atoms with Crippen LogP contribution in [0, 0.1) is 5.92 Å². The van der Waals surface area contributed by atoms with Gasteiger partial charge in [-0.15, -0.1) is 0 Å². The van der Waals surface area contributed by atoms with Gasteiger partial charge in [0.25, 0.3) is 0 Å². The summed E-state index contributed by atoms with van der Waals surface area (Å²) in [4.78, 5) is 0. The smallest absolute Gasteiger partial charge is 0.0697 e. The maximum atomic E-state index is 5.75. The molecule has 0 aromatic heterocycles. The first kappa shape index (κ1) is 12.9. The van der Waals surface area contributed by atoms with E-state index < -0.39 is 0 Å². The third-order valence-corrected chi connectivity index (χ3v) is 2.58. The van der Waals surface area contributed by atoms with E-state index in [1.165, 1.54) is 12.8 Å². The van der Waals surface area contributed by atoms with Crippen LogP contribution in [0.25, 0.3) is 0 Å². The van der Waals surface area contributed by atoms with E-state index in [4.69, 9.17) is 4.74 Å². The van der Waals surface area contributed by atoms with Crippen molar-refractivity contribution >= 4 is 0 Å². The van der Waals surface area contributed by atoms with E-state index in [1.54, 1.807) is 0 Å². The molecule has 0 bridgehead atoms. The van der Waals surface area contributed by atoms with E-state index in [1.807, 2.05) is 7.05 Å². The molecule has 0 saturated heterocycles. The largest absolute Gasteiger partial charge is 0.377 e. The van der Waals surface area contributed by atoms with E-state index in [9.17, 15) is 0 Å². The maximum Gasteiger partial charge on any atom is 0.0697 e. The lowest BCUT2D eigenvalue weighted by molar-refractivity contribution is 0.0241. The van der Waals surface area contributed by atoms with E-state index in [0.29, 0.717) is 18.1 Å². The third kappa shape index (κ3) is 6.05. The predicted octanol–water partition coefficient (Wildman–Crippen LogP) is 2.44. The van der Waals surface area contributed by atoms with Crippen molar-refractivity contribution in [1.29, 1.82) is 0 Å². The number of ether oxygens (including phenoxy) is 1. The zero-order chi connectivity index (χ0) is 10.3. The monoisotopic (exact) mass is 187 g/mol. The van der Waals surface area contributed by atoms with Crippen LogP contribution >= 0.6 is 0 Å². The van der Waals surface area contributed by atoms with Gasteiger partial charge in [-0.25, -0.2) is 0 Å². The number of likely N-dealkylation sites (N-methyl/N-ethyl adjacent to an activating group) is 1. The Bertz CT molecular complexity index is 117. The molecule has 2 nitrogen and oxygen atoms in total. The molecule has 0 rings (SSSR count). The highest BCUT2D eigenvalue weighted by molar-refractivity contribution is 4.66. The van der Waals surface area contributed by atoms with Crippen molar-refractivity contribution in [2.45, 2.75) is 52.7 Å². The summed E-state index contributed by atoms with van der Waals surface area (Å²) in [5, 5.41) is 3.20. The van der Waals surface area contributed by atoms with Crippen molar-refractivity contribution in [2.75, 3.05) is 13.7 Å². The molecular formula is C11H25NO. The Hall–Kier alpha value is -0.0800. The molecule has 0 aromatic rings. The Labute approximate surface area is 83.1 Å². The first-order valence-electron chi connectivity index (χ1n) is 5.40. The molecule has 1 N–H and O–H groups in total. The van der Waals surface area contributed by atoms with Crippen molar-refractivity contribution < 1.29 is 4.74 Å². The molecule has 0 fully saturated rings. The second-order valence-electron chi connectivity index (χ2n) is 4.01. The summed E-state index contributed by atoms with van der Waals surface area (Å²) in [7, 11) is 1.97. The molecule has 0 saturated carbocycles. The zero-order valence-corrected chi connectivity index (χ0v) is 9.76. The highest BCUT2D eigenvalue weighted by atomic mass is 16.5. The second-order valence-corrected chi connectivity index (χ2v) is 4.01. The minimum Gasteiger partial charge on any atom is -0.377 e. The summed E-state index contributed by atoms with van der Waals surface area (Å²) in [5.74, 6) is 0.691. The standard InChI is InChI=1S/C11H25NO/c1-6-7-9(2)8-13-11(4)10(3)12-5/h9-12H,6-8H2,1-5H3. The Morgan fingerprint density at radius 2 is 1.85 bits per heavy atom. The number of hydrogen-bond donors (Lipinski definition) is 1. The molecule has 3 atom stereocenters. The zero-order valence-electron chi connectivity index (χ0n) is 9.76. The van der Waals surface area contributed by atoms with E-state index in [2.05, 4.69) is 33.0 Å². The molecule has 0 aliphatic heterocycles. The normalized spacial score (nSPS) is 18.2. The summed E-state index contributed by atoms with van der Waals surface area (Å²) >= 11 is 0. The molecule has 0 amide bonds. The van der Waals surface area contributed by atoms with Gasteiger partial charge in [0.05, 0.1) is 6.10 Å². The first-order valence-corrected chi connectivity index (χ1v) is 5.40. The molecule has 13 heavy (non-hydrogen) atoms. The lowest BCUT2D eigenvalue weighted by Gasteiger charge is -2.21. The van der Waals surface area contributed by atoms with Gasteiger partial charge in [-0.3, -0.25) is 0 Å². The lowest BCUT2D eigenvalue weighted by atomic mass is 10.1. The molecule has 0 heterocycles. The van der Waals surface area contributed by atoms with E-state index in [-0.39, 0.29) is 0 Å². The molecule has 0 aromatic carbocycles. The molecule has 2 heteroatoms. The van der Waals surface area contributed by atoms with Gasteiger partial charge in [-0.05, 0) is 33.2 Å². The highest BCUT2D eigenvalue weighted by Crippen LogP contribution is 2.07. The lowest BCUT2D eigenvalue weighted by Crippen LogP contribution is -2.35. The van der Waals surface area contributed by atoms with Crippen molar-refractivity contribution in [3.8, 4) is 0 Å². The average molecular weight is 187 g/mol. The molecule has 80 valence electrons. The summed E-state index contributed by atoms with van der Waals surface area (Å²) in [6, 6.07) is 0.439. The van der Waals surface area contributed by atoms with Gasteiger partial charge in [-0.1, -0.05) is 20.3 Å². The van der Waals surface area contributed by atoms with Gasteiger partial charge in [0, 0.05) is 12.6 Å². The number of nitrogens with one attached hydrogen (secondary N) is 1. The molecule has 0 aliphatic rings. The van der Waals surface area contributed by atoms with Crippen molar-refractivity contribution in [2.24, 2.45) is 5.92 Å². The number of rotatable bonds is 7. The van der Waals surface area contributed by atoms with E-state index in [0.717, 1.165) is 6.61 Å². The molecule has 0 radical (unpaired) electrons. The quantitative estimate of drug-likeness (QED) is 0.661. The van der Waals surface area contributed by atoms with Crippen molar-refractivity contribution in [3.05, 3.63) is 0 Å². The van der Waals surface area contributed by atoms with Crippen LogP contribution in [0.4, 0.5) is 0 Å². The van der Waals surface area contributed by atoms with Crippen LogP contribution in [0.2, 0.25) is 0 Å². The van der Waals surface area contributed by atoms with Gasteiger partial charge < -0.3 is 10.1 Å². The summed E-state index contributed by atoms with van der Waals surface area (Å²) in [5.41, 5.74) is 0. The van der Waals surface area contributed by atoms with Crippen LogP contribution in [0.3, 0.4) is 0 Å². The maximum absolute atomic E-state index is 5.75. The van der Waals surface area contributed by atoms with Crippen LogP contribution in [-0.2, 0) is 4.74 Å². The molecule has 0 aliphatic carbocycles. The number of hydrogen-bond acceptors (Lipinski definition) is 2. The van der Waals surface area contributed by atoms with Gasteiger partial charge in [0.1, 0.15) is 0 Å². The summed E-state index contributed by atoms with van der Waals surface area (Å²) in [6.45, 7) is 9.63. The highest BCUT2D eigenvalue weighted by Gasteiger charge is 2.11. The summed E-state index contributed by atoms with van der Waals surface area (Å²) < 4.78 is 5.75. The predicted molar refractivity (Wildman–Crippen MR) is 58.0 cm³/mol. The Kier molecular flexibility index (Phi) is 7.29. The Balaban J connectivity index is 3.50. The van der Waals surface area contributed by atoms with Crippen LogP contribution < -0.4 is 5.32 Å². The van der Waals surface area contributed by atoms with Crippen molar-refractivity contribution in [1.82, 2.24) is 5.32 Å². The fourth-order valence-electron chi connectivity index (χ4n) is 1.27. The third-order valence-electron chi connectivity index (χ3n) is 2.58. The fourth-order valence-corrected chi connectivity index (χ4v) is 1.27. The van der Waals surface area contributed by atoms with Gasteiger partial charge in [0.2, 0.25) is 0 Å².